The predicted molar refractivity (Wildman–Crippen MR) is 116 cm³/mol. The highest BCUT2D eigenvalue weighted by Gasteiger charge is 2.53. The second-order valence-corrected chi connectivity index (χ2v) is 8.75. The number of carbonyl (C=O) groups excluding carboxylic acids is 1. The molecule has 1 aromatic carbocycles. The van der Waals surface area contributed by atoms with E-state index < -0.39 is 0 Å². The number of ether oxygens (including phenoxy) is 1. The second kappa shape index (κ2) is 8.31. The van der Waals surface area contributed by atoms with Gasteiger partial charge in [0.2, 0.25) is 17.6 Å². The molecule has 2 fully saturated rings. The molecule has 2 aromatic heterocycles. The van der Waals surface area contributed by atoms with Crippen LogP contribution < -0.4 is 4.74 Å². The molecular formula is C23H26N6O3. The average molecular weight is 435 g/mol. The molecule has 2 saturated heterocycles. The maximum atomic E-state index is 13.2. The number of carbonyl (C=O) groups is 1. The van der Waals surface area contributed by atoms with E-state index in [1.54, 1.807) is 25.7 Å². The van der Waals surface area contributed by atoms with Crippen molar-refractivity contribution in [2.45, 2.75) is 18.8 Å². The first-order valence-corrected chi connectivity index (χ1v) is 10.8. The maximum Gasteiger partial charge on any atom is 0.232 e. The van der Waals surface area contributed by atoms with Crippen LogP contribution in [0.4, 0.5) is 0 Å². The highest BCUT2D eigenvalue weighted by atomic mass is 16.5. The summed E-state index contributed by atoms with van der Waals surface area (Å²) in [4.78, 5) is 30.5. The lowest BCUT2D eigenvalue weighted by atomic mass is 9.77. The molecule has 166 valence electrons. The van der Waals surface area contributed by atoms with Crippen LogP contribution in [0.5, 0.6) is 5.75 Å². The largest absolute Gasteiger partial charge is 0.497 e. The van der Waals surface area contributed by atoms with Crippen LogP contribution in [-0.4, -0.2) is 76.2 Å². The van der Waals surface area contributed by atoms with Gasteiger partial charge in [-0.2, -0.15) is 4.98 Å². The number of methoxy groups -OCH3 is 1. The summed E-state index contributed by atoms with van der Waals surface area (Å²) in [7, 11) is 3.75. The standard InChI is InChI=1S/C23H26N6O3/c1-28-9-6-23(14-28)15-29(20(30)11-16-4-3-5-17(10-16)31-2)13-18(23)22-26-21(27-32-22)19-12-24-7-8-25-19/h3-5,7-8,10,12,18H,6,9,11,13-15H2,1-2H3/t18-,23-/m0/s1. The molecule has 2 atom stereocenters. The average Bonchev–Trinajstić information content (AvgIpc) is 3.53. The van der Waals surface area contributed by atoms with E-state index in [0.717, 1.165) is 30.8 Å². The zero-order chi connectivity index (χ0) is 22.1. The number of nitrogens with zero attached hydrogens (tertiary/aromatic N) is 6. The highest BCUT2D eigenvalue weighted by molar-refractivity contribution is 5.79. The Labute approximate surface area is 186 Å². The van der Waals surface area contributed by atoms with Gasteiger partial charge in [-0.3, -0.25) is 9.78 Å². The summed E-state index contributed by atoms with van der Waals surface area (Å²) in [6.07, 6.45) is 6.15. The monoisotopic (exact) mass is 434 g/mol. The zero-order valence-electron chi connectivity index (χ0n) is 18.3. The molecule has 1 amide bonds. The van der Waals surface area contributed by atoms with Gasteiger partial charge in [-0.25, -0.2) is 4.98 Å². The molecular weight excluding hydrogens is 408 g/mol. The summed E-state index contributed by atoms with van der Waals surface area (Å²) in [6.45, 7) is 3.13. The van der Waals surface area contributed by atoms with Gasteiger partial charge in [0.1, 0.15) is 11.4 Å². The van der Waals surface area contributed by atoms with Crippen molar-refractivity contribution in [1.29, 1.82) is 0 Å². The van der Waals surface area contributed by atoms with Crippen molar-refractivity contribution >= 4 is 5.91 Å². The molecule has 32 heavy (non-hydrogen) atoms. The number of hydrogen-bond acceptors (Lipinski definition) is 8. The Morgan fingerprint density at radius 3 is 2.97 bits per heavy atom. The van der Waals surface area contributed by atoms with Gasteiger partial charge in [-0.15, -0.1) is 0 Å². The molecule has 2 aliphatic rings. The van der Waals surface area contributed by atoms with E-state index in [2.05, 4.69) is 32.1 Å². The molecule has 9 nitrogen and oxygen atoms in total. The van der Waals surface area contributed by atoms with E-state index in [1.807, 2.05) is 29.2 Å². The van der Waals surface area contributed by atoms with Crippen molar-refractivity contribution in [2.75, 3.05) is 40.3 Å². The minimum atomic E-state index is -0.0923. The second-order valence-electron chi connectivity index (χ2n) is 8.75. The minimum absolute atomic E-state index is 0.0142. The van der Waals surface area contributed by atoms with Crippen LogP contribution in [0.15, 0.2) is 47.4 Å². The summed E-state index contributed by atoms with van der Waals surface area (Å²) >= 11 is 0. The fourth-order valence-corrected chi connectivity index (χ4v) is 4.99. The van der Waals surface area contributed by atoms with Crippen molar-refractivity contribution in [3.63, 3.8) is 0 Å². The lowest BCUT2D eigenvalue weighted by molar-refractivity contribution is -0.129. The van der Waals surface area contributed by atoms with E-state index in [1.165, 1.54) is 0 Å². The molecule has 9 heteroatoms. The summed E-state index contributed by atoms with van der Waals surface area (Å²) in [5, 5.41) is 4.14. The third kappa shape index (κ3) is 3.84. The molecule has 2 aliphatic heterocycles. The van der Waals surface area contributed by atoms with Crippen LogP contribution in [0.1, 0.15) is 23.8 Å². The van der Waals surface area contributed by atoms with Crippen LogP contribution in [0.3, 0.4) is 0 Å². The van der Waals surface area contributed by atoms with E-state index >= 15 is 0 Å². The van der Waals surface area contributed by atoms with Gasteiger partial charge in [0.05, 0.1) is 25.6 Å². The Balaban J connectivity index is 1.39. The van der Waals surface area contributed by atoms with Crippen molar-refractivity contribution in [1.82, 2.24) is 29.9 Å². The van der Waals surface area contributed by atoms with Gasteiger partial charge in [0.25, 0.3) is 0 Å². The number of likely N-dealkylation sites (tertiary alicyclic amines) is 2. The van der Waals surface area contributed by atoms with Crippen LogP contribution in [-0.2, 0) is 11.2 Å². The van der Waals surface area contributed by atoms with Gasteiger partial charge >= 0.3 is 0 Å². The number of aromatic nitrogens is 4. The first-order chi connectivity index (χ1) is 15.6. The lowest BCUT2D eigenvalue weighted by Crippen LogP contribution is -2.35. The molecule has 0 aliphatic carbocycles. The number of amides is 1. The zero-order valence-corrected chi connectivity index (χ0v) is 18.3. The Bertz CT molecular complexity index is 1100. The summed E-state index contributed by atoms with van der Waals surface area (Å²) in [6, 6.07) is 7.66. The van der Waals surface area contributed by atoms with Gasteiger partial charge in [-0.1, -0.05) is 17.3 Å². The first kappa shape index (κ1) is 20.6. The van der Waals surface area contributed by atoms with Gasteiger partial charge in [0.15, 0.2) is 0 Å². The van der Waals surface area contributed by atoms with Crippen LogP contribution in [0, 0.1) is 5.41 Å². The van der Waals surface area contributed by atoms with Crippen molar-refractivity contribution < 1.29 is 14.1 Å². The lowest BCUT2D eigenvalue weighted by Gasteiger charge is -2.27. The number of benzene rings is 1. The molecule has 0 radical (unpaired) electrons. The van der Waals surface area contributed by atoms with E-state index in [9.17, 15) is 4.79 Å². The van der Waals surface area contributed by atoms with Crippen molar-refractivity contribution in [3.8, 4) is 17.3 Å². The predicted octanol–water partition coefficient (Wildman–Crippen LogP) is 2.03. The van der Waals surface area contributed by atoms with E-state index in [4.69, 9.17) is 9.26 Å². The molecule has 3 aromatic rings. The van der Waals surface area contributed by atoms with Crippen molar-refractivity contribution in [3.05, 3.63) is 54.3 Å². The molecule has 0 unspecified atom stereocenters. The molecule has 0 N–H and O–H groups in total. The summed E-state index contributed by atoms with van der Waals surface area (Å²) in [5.41, 5.74) is 1.42. The Morgan fingerprint density at radius 2 is 2.22 bits per heavy atom. The molecule has 1 spiro atoms. The van der Waals surface area contributed by atoms with Crippen LogP contribution in [0.2, 0.25) is 0 Å². The smallest absolute Gasteiger partial charge is 0.232 e. The molecule has 5 rings (SSSR count). The van der Waals surface area contributed by atoms with E-state index in [-0.39, 0.29) is 17.2 Å². The molecule has 0 saturated carbocycles. The SMILES string of the molecule is COc1cccc(CC(=O)N2C[C@@H](c3nc(-c4cnccn4)no3)[C@]3(CCN(C)C3)C2)c1. The Morgan fingerprint density at radius 1 is 1.31 bits per heavy atom. The normalized spacial score (nSPS) is 23.2. The van der Waals surface area contributed by atoms with Gasteiger partial charge in [0, 0.05) is 37.4 Å². The molecule has 4 heterocycles. The maximum absolute atomic E-state index is 13.2. The highest BCUT2D eigenvalue weighted by Crippen LogP contribution is 2.48. The van der Waals surface area contributed by atoms with Crippen molar-refractivity contribution in [2.24, 2.45) is 5.41 Å². The fourth-order valence-electron chi connectivity index (χ4n) is 4.99. The fraction of sp³-hybridized carbons (Fsp3) is 0.435. The quantitative estimate of drug-likeness (QED) is 0.602. The summed E-state index contributed by atoms with van der Waals surface area (Å²) < 4.78 is 11.0. The topological polar surface area (TPSA) is 97.5 Å². The van der Waals surface area contributed by atoms with Gasteiger partial charge < -0.3 is 19.1 Å². The van der Waals surface area contributed by atoms with Crippen LogP contribution >= 0.6 is 0 Å². The third-order valence-electron chi connectivity index (χ3n) is 6.60. The Hall–Kier alpha value is -3.33. The number of hydrogen-bond donors (Lipinski definition) is 0. The van der Waals surface area contributed by atoms with Gasteiger partial charge in [-0.05, 0) is 37.7 Å². The van der Waals surface area contributed by atoms with Crippen LogP contribution in [0.25, 0.3) is 11.5 Å². The number of rotatable bonds is 5. The first-order valence-electron chi connectivity index (χ1n) is 10.8. The van der Waals surface area contributed by atoms with E-state index in [0.29, 0.717) is 36.9 Å². The minimum Gasteiger partial charge on any atom is -0.497 e. The Kier molecular flexibility index (Phi) is 5.34. The third-order valence-corrected chi connectivity index (χ3v) is 6.60. The summed E-state index contributed by atoms with van der Waals surface area (Å²) in [5.74, 6) is 1.84. The molecule has 0 bridgehead atoms.